The highest BCUT2D eigenvalue weighted by Gasteiger charge is 2.26. The normalized spacial score (nSPS) is 11.7. The summed E-state index contributed by atoms with van der Waals surface area (Å²) in [6.45, 7) is 1.53. The number of aliphatic carboxylic acids is 1. The van der Waals surface area contributed by atoms with E-state index in [-0.39, 0.29) is 28.3 Å². The van der Waals surface area contributed by atoms with E-state index in [1.54, 1.807) is 24.3 Å². The second-order valence-corrected chi connectivity index (χ2v) is 6.80. The number of nitro benzene ring substituents is 1. The van der Waals surface area contributed by atoms with Crippen molar-refractivity contribution in [3.63, 3.8) is 0 Å². The largest absolute Gasteiger partial charge is 0.550 e. The number of aromatic nitrogens is 1. The number of rotatable bonds is 7. The predicted molar refractivity (Wildman–Crippen MR) is 105 cm³/mol. The maximum atomic E-state index is 13.0. The Morgan fingerprint density at radius 1 is 1.23 bits per heavy atom. The molecule has 1 unspecified atom stereocenters. The van der Waals surface area contributed by atoms with Crippen LogP contribution in [0.3, 0.4) is 0 Å². The van der Waals surface area contributed by atoms with Gasteiger partial charge < -0.3 is 19.7 Å². The van der Waals surface area contributed by atoms with Crippen molar-refractivity contribution in [3.8, 4) is 11.3 Å². The van der Waals surface area contributed by atoms with Gasteiger partial charge in [0.25, 0.3) is 11.6 Å². The molecule has 0 saturated heterocycles. The molecule has 1 amide bonds. The fourth-order valence-corrected chi connectivity index (χ4v) is 3.21. The van der Waals surface area contributed by atoms with E-state index in [1.807, 2.05) is 0 Å². The molecule has 0 aliphatic rings. The van der Waals surface area contributed by atoms with Crippen LogP contribution in [0.25, 0.3) is 11.3 Å². The molecule has 10 heteroatoms. The van der Waals surface area contributed by atoms with Gasteiger partial charge in [0.1, 0.15) is 17.0 Å². The minimum absolute atomic E-state index is 0.0804. The maximum Gasteiger partial charge on any atom is 0.269 e. The Balaban J connectivity index is 1.97. The van der Waals surface area contributed by atoms with Gasteiger partial charge in [0.15, 0.2) is 0 Å². The smallest absolute Gasteiger partial charge is 0.269 e. The standard InChI is InChI=1S/C20H16ClN3O6/c1-11-18(19(23-30-11)14-7-2-3-8-15(14)21)20(27)22-16(10-17(25)26)12-5-4-6-13(9-12)24(28)29/h2-9,16H,10H2,1H3,(H,22,27)(H,25,26)/p-1. The fraction of sp³-hybridized carbons (Fsp3) is 0.150. The Morgan fingerprint density at radius 2 is 1.97 bits per heavy atom. The Hall–Kier alpha value is -3.72. The van der Waals surface area contributed by atoms with Crippen molar-refractivity contribution in [1.29, 1.82) is 0 Å². The monoisotopic (exact) mass is 428 g/mol. The fourth-order valence-electron chi connectivity index (χ4n) is 2.98. The van der Waals surface area contributed by atoms with E-state index >= 15 is 0 Å². The summed E-state index contributed by atoms with van der Waals surface area (Å²) in [5.74, 6) is -1.89. The van der Waals surface area contributed by atoms with Crippen molar-refractivity contribution in [2.75, 3.05) is 0 Å². The molecule has 1 atom stereocenters. The van der Waals surface area contributed by atoms with E-state index in [2.05, 4.69) is 10.5 Å². The number of carbonyl (C=O) groups is 2. The molecule has 9 nitrogen and oxygen atoms in total. The zero-order valence-electron chi connectivity index (χ0n) is 15.6. The number of halogens is 1. The molecule has 1 heterocycles. The zero-order valence-corrected chi connectivity index (χ0v) is 16.4. The summed E-state index contributed by atoms with van der Waals surface area (Å²) >= 11 is 6.20. The Labute approximate surface area is 175 Å². The van der Waals surface area contributed by atoms with E-state index in [1.165, 1.54) is 31.2 Å². The highest BCUT2D eigenvalue weighted by atomic mass is 35.5. The second kappa shape index (κ2) is 8.75. The first-order chi connectivity index (χ1) is 14.3. The lowest BCUT2D eigenvalue weighted by atomic mass is 10.0. The van der Waals surface area contributed by atoms with Crippen molar-refractivity contribution >= 4 is 29.2 Å². The first-order valence-corrected chi connectivity index (χ1v) is 9.12. The van der Waals surface area contributed by atoms with Gasteiger partial charge in [-0.2, -0.15) is 0 Å². The molecule has 1 aromatic heterocycles. The number of carboxylic acid groups (broad SMARTS) is 1. The molecule has 0 saturated carbocycles. The summed E-state index contributed by atoms with van der Waals surface area (Å²) in [6, 6.07) is 11.0. The highest BCUT2D eigenvalue weighted by Crippen LogP contribution is 2.31. The van der Waals surface area contributed by atoms with E-state index < -0.39 is 29.3 Å². The summed E-state index contributed by atoms with van der Waals surface area (Å²) < 4.78 is 5.16. The van der Waals surface area contributed by atoms with Gasteiger partial charge in [-0.05, 0) is 18.6 Å². The SMILES string of the molecule is Cc1onc(-c2ccccc2Cl)c1C(=O)NC(CC(=O)[O-])c1cccc([N+](=O)[O-])c1. The van der Waals surface area contributed by atoms with Gasteiger partial charge in [-0.3, -0.25) is 14.9 Å². The van der Waals surface area contributed by atoms with Gasteiger partial charge in [-0.25, -0.2) is 0 Å². The lowest BCUT2D eigenvalue weighted by Crippen LogP contribution is -2.34. The molecule has 0 radical (unpaired) electrons. The second-order valence-electron chi connectivity index (χ2n) is 6.40. The third kappa shape index (κ3) is 4.47. The van der Waals surface area contributed by atoms with Crippen molar-refractivity contribution in [2.45, 2.75) is 19.4 Å². The maximum absolute atomic E-state index is 13.0. The van der Waals surface area contributed by atoms with Gasteiger partial charge in [0.2, 0.25) is 0 Å². The van der Waals surface area contributed by atoms with Crippen LogP contribution in [0.1, 0.15) is 34.1 Å². The number of hydrogen-bond acceptors (Lipinski definition) is 7. The van der Waals surface area contributed by atoms with E-state index in [0.717, 1.165) is 0 Å². The third-order valence-electron chi connectivity index (χ3n) is 4.38. The van der Waals surface area contributed by atoms with Crippen LogP contribution in [0, 0.1) is 17.0 Å². The molecule has 1 N–H and O–H groups in total. The van der Waals surface area contributed by atoms with Gasteiger partial charge in [-0.15, -0.1) is 0 Å². The van der Waals surface area contributed by atoms with E-state index in [4.69, 9.17) is 16.1 Å². The van der Waals surface area contributed by atoms with Crippen LogP contribution >= 0.6 is 11.6 Å². The number of amides is 1. The molecular weight excluding hydrogens is 414 g/mol. The van der Waals surface area contributed by atoms with Crippen LogP contribution in [0.2, 0.25) is 5.02 Å². The van der Waals surface area contributed by atoms with Gasteiger partial charge in [0.05, 0.1) is 16.0 Å². The number of carbonyl (C=O) groups excluding carboxylic acids is 2. The van der Waals surface area contributed by atoms with Gasteiger partial charge in [-0.1, -0.05) is 47.1 Å². The topological polar surface area (TPSA) is 138 Å². The van der Waals surface area contributed by atoms with Crippen molar-refractivity contribution in [2.24, 2.45) is 0 Å². The summed E-state index contributed by atoms with van der Waals surface area (Å²) in [5, 5.41) is 29.1. The summed E-state index contributed by atoms with van der Waals surface area (Å²) in [7, 11) is 0. The lowest BCUT2D eigenvalue weighted by molar-refractivity contribution is -0.385. The Kier molecular flexibility index (Phi) is 6.12. The van der Waals surface area contributed by atoms with Crippen molar-refractivity contribution < 1.29 is 24.1 Å². The number of non-ortho nitro benzene ring substituents is 1. The molecule has 0 aliphatic carbocycles. The average Bonchev–Trinajstić information content (AvgIpc) is 3.09. The van der Waals surface area contributed by atoms with Crippen LogP contribution in [-0.4, -0.2) is 22.0 Å². The number of nitrogens with one attached hydrogen (secondary N) is 1. The number of aryl methyl sites for hydroxylation is 1. The summed E-state index contributed by atoms with van der Waals surface area (Å²) in [4.78, 5) is 34.7. The predicted octanol–water partition coefficient (Wildman–Crippen LogP) is 2.82. The Morgan fingerprint density at radius 3 is 2.63 bits per heavy atom. The molecule has 0 aliphatic heterocycles. The highest BCUT2D eigenvalue weighted by molar-refractivity contribution is 6.33. The van der Waals surface area contributed by atoms with Crippen LogP contribution in [0.4, 0.5) is 5.69 Å². The first-order valence-electron chi connectivity index (χ1n) is 8.74. The zero-order chi connectivity index (χ0) is 21.8. The van der Waals surface area contributed by atoms with Crippen molar-refractivity contribution in [1.82, 2.24) is 10.5 Å². The lowest BCUT2D eigenvalue weighted by Gasteiger charge is -2.20. The molecular formula is C20H15ClN3O6-. The number of nitrogens with zero attached hydrogens (tertiary/aromatic N) is 2. The first kappa shape index (κ1) is 21.0. The molecule has 3 rings (SSSR count). The molecule has 0 spiro atoms. The minimum atomic E-state index is -1.43. The number of nitro groups is 1. The molecule has 30 heavy (non-hydrogen) atoms. The molecule has 0 bridgehead atoms. The van der Waals surface area contributed by atoms with E-state index in [9.17, 15) is 24.8 Å². The summed E-state index contributed by atoms with van der Waals surface area (Å²) in [5.41, 5.74) is 0.754. The van der Waals surface area contributed by atoms with Crippen molar-refractivity contribution in [3.05, 3.63) is 80.6 Å². The van der Waals surface area contributed by atoms with Crippen LogP contribution < -0.4 is 10.4 Å². The van der Waals surface area contributed by atoms with Crippen LogP contribution in [0.5, 0.6) is 0 Å². The number of benzene rings is 2. The third-order valence-corrected chi connectivity index (χ3v) is 4.71. The minimum Gasteiger partial charge on any atom is -0.550 e. The summed E-state index contributed by atoms with van der Waals surface area (Å²) in [6.07, 6.45) is -0.585. The average molecular weight is 429 g/mol. The van der Waals surface area contributed by atoms with Gasteiger partial charge >= 0.3 is 0 Å². The molecule has 3 aromatic rings. The number of hydrogen-bond donors (Lipinski definition) is 1. The molecule has 0 fully saturated rings. The molecule has 2 aromatic carbocycles. The van der Waals surface area contributed by atoms with Crippen LogP contribution in [0.15, 0.2) is 53.1 Å². The Bertz CT molecular complexity index is 1130. The van der Waals surface area contributed by atoms with Crippen LogP contribution in [-0.2, 0) is 4.79 Å². The molecule has 154 valence electrons. The number of carboxylic acids is 1. The van der Waals surface area contributed by atoms with E-state index in [0.29, 0.717) is 10.6 Å². The van der Waals surface area contributed by atoms with Gasteiger partial charge in [0, 0.05) is 30.1 Å². The quantitative estimate of drug-likeness (QED) is 0.450.